The van der Waals surface area contributed by atoms with E-state index in [1.165, 1.54) is 17.8 Å². The summed E-state index contributed by atoms with van der Waals surface area (Å²) in [7, 11) is 0. The van der Waals surface area contributed by atoms with Crippen LogP contribution in [0.25, 0.3) is 0 Å². The minimum absolute atomic E-state index is 0.409. The van der Waals surface area contributed by atoms with Crippen molar-refractivity contribution in [1.82, 2.24) is 9.97 Å². The fourth-order valence-corrected chi connectivity index (χ4v) is 3.17. The number of hydrogen-bond donors (Lipinski definition) is 0. The van der Waals surface area contributed by atoms with Gasteiger partial charge in [-0.05, 0) is 42.3 Å². The predicted octanol–water partition coefficient (Wildman–Crippen LogP) is 6.06. The largest absolute Gasteiger partial charge is 0.439 e. The second kappa shape index (κ2) is 8.47. The van der Waals surface area contributed by atoms with Crippen molar-refractivity contribution >= 4 is 23.4 Å². The molecule has 0 spiro atoms. The van der Waals surface area contributed by atoms with Crippen LogP contribution in [0.2, 0.25) is 5.02 Å². The summed E-state index contributed by atoms with van der Waals surface area (Å²) in [5.41, 5.74) is 1.47. The van der Waals surface area contributed by atoms with Gasteiger partial charge in [0.15, 0.2) is 16.8 Å². The summed E-state index contributed by atoms with van der Waals surface area (Å²) in [5, 5.41) is 1.08. The molecule has 3 aromatic rings. The van der Waals surface area contributed by atoms with Gasteiger partial charge in [0.2, 0.25) is 5.88 Å². The van der Waals surface area contributed by atoms with Crippen LogP contribution in [-0.2, 0) is 12.2 Å². The molecule has 0 fully saturated rings. The minimum atomic E-state index is -0.865. The van der Waals surface area contributed by atoms with E-state index in [1.54, 1.807) is 36.4 Å². The van der Waals surface area contributed by atoms with Gasteiger partial charge in [0.05, 0.1) is 0 Å². The van der Waals surface area contributed by atoms with E-state index in [4.69, 9.17) is 16.3 Å². The number of hydrogen-bond acceptors (Lipinski definition) is 4. The van der Waals surface area contributed by atoms with E-state index >= 15 is 0 Å². The number of nitrogens with zero attached hydrogens (tertiary/aromatic N) is 2. The Kier molecular flexibility index (Phi) is 6.06. The maximum Gasteiger partial charge on any atom is 0.223 e. The molecule has 134 valence electrons. The van der Waals surface area contributed by atoms with Gasteiger partial charge in [-0.1, -0.05) is 42.4 Å². The molecule has 1 aromatic heterocycles. The maximum atomic E-state index is 13.3. The Morgan fingerprint density at radius 1 is 1.04 bits per heavy atom. The Balaban J connectivity index is 1.77. The van der Waals surface area contributed by atoms with Crippen molar-refractivity contribution in [1.29, 1.82) is 0 Å². The fraction of sp³-hybridized carbons (Fsp3) is 0.158. The minimum Gasteiger partial charge on any atom is -0.439 e. The van der Waals surface area contributed by atoms with Crippen LogP contribution in [0.15, 0.2) is 53.7 Å². The van der Waals surface area contributed by atoms with Crippen molar-refractivity contribution in [2.24, 2.45) is 0 Å². The molecule has 0 aliphatic heterocycles. The van der Waals surface area contributed by atoms with Crippen molar-refractivity contribution in [2.75, 3.05) is 0 Å². The average molecular weight is 393 g/mol. The van der Waals surface area contributed by atoms with E-state index in [0.29, 0.717) is 39.5 Å². The number of aryl methyl sites for hydroxylation is 1. The number of benzene rings is 2. The molecule has 0 radical (unpaired) electrons. The predicted molar refractivity (Wildman–Crippen MR) is 98.9 cm³/mol. The van der Waals surface area contributed by atoms with E-state index in [-0.39, 0.29) is 0 Å². The summed E-state index contributed by atoms with van der Waals surface area (Å²) < 4.78 is 32.1. The van der Waals surface area contributed by atoms with Crippen LogP contribution < -0.4 is 4.74 Å². The van der Waals surface area contributed by atoms with Gasteiger partial charge in [-0.25, -0.2) is 13.8 Å². The van der Waals surface area contributed by atoms with Crippen molar-refractivity contribution in [3.8, 4) is 11.6 Å². The zero-order valence-electron chi connectivity index (χ0n) is 13.9. The SMILES string of the molecule is CCc1cc(Oc2cccc(Cl)c2)nc(SCc2ccc(F)c(F)c2)n1. The smallest absolute Gasteiger partial charge is 0.223 e. The molecule has 0 bridgehead atoms. The molecule has 0 saturated carbocycles. The molecular formula is C19H15ClF2N2OS. The summed E-state index contributed by atoms with van der Waals surface area (Å²) in [6.07, 6.45) is 0.715. The fourth-order valence-electron chi connectivity index (χ4n) is 2.18. The van der Waals surface area contributed by atoms with Crippen LogP contribution in [0.1, 0.15) is 18.2 Å². The van der Waals surface area contributed by atoms with Gasteiger partial charge in [0.1, 0.15) is 5.75 Å². The zero-order valence-corrected chi connectivity index (χ0v) is 15.5. The standard InChI is InChI=1S/C19H15ClF2N2OS/c1-2-14-10-18(25-15-5-3-4-13(20)9-15)24-19(23-14)26-11-12-6-7-16(21)17(22)8-12/h3-10H,2,11H2,1H3. The van der Waals surface area contributed by atoms with Gasteiger partial charge in [-0.2, -0.15) is 4.98 Å². The van der Waals surface area contributed by atoms with Crippen molar-refractivity contribution in [2.45, 2.75) is 24.3 Å². The van der Waals surface area contributed by atoms with E-state index in [9.17, 15) is 8.78 Å². The summed E-state index contributed by atoms with van der Waals surface area (Å²) >= 11 is 7.30. The quantitative estimate of drug-likeness (QED) is 0.377. The molecule has 0 aliphatic rings. The lowest BCUT2D eigenvalue weighted by Crippen LogP contribution is -1.97. The molecule has 0 saturated heterocycles. The number of aromatic nitrogens is 2. The zero-order chi connectivity index (χ0) is 18.5. The van der Waals surface area contributed by atoms with Gasteiger partial charge in [-0.3, -0.25) is 0 Å². The Bertz CT molecular complexity index is 924. The van der Waals surface area contributed by atoms with Crippen LogP contribution in [0.5, 0.6) is 11.6 Å². The van der Waals surface area contributed by atoms with E-state index < -0.39 is 11.6 Å². The maximum absolute atomic E-state index is 13.3. The summed E-state index contributed by atoms with van der Waals surface area (Å²) in [6, 6.07) is 12.6. The molecule has 0 aliphatic carbocycles. The summed E-state index contributed by atoms with van der Waals surface area (Å²) in [6.45, 7) is 1.98. The number of halogens is 3. The highest BCUT2D eigenvalue weighted by atomic mass is 35.5. The highest BCUT2D eigenvalue weighted by Crippen LogP contribution is 2.27. The van der Waals surface area contributed by atoms with Gasteiger partial charge >= 0.3 is 0 Å². The van der Waals surface area contributed by atoms with Crippen LogP contribution >= 0.6 is 23.4 Å². The molecule has 26 heavy (non-hydrogen) atoms. The molecule has 0 amide bonds. The molecule has 2 aromatic carbocycles. The van der Waals surface area contributed by atoms with Crippen LogP contribution in [0.3, 0.4) is 0 Å². The summed E-state index contributed by atoms with van der Waals surface area (Å²) in [5.74, 6) is -0.320. The van der Waals surface area contributed by atoms with Crippen LogP contribution in [0.4, 0.5) is 8.78 Å². The Morgan fingerprint density at radius 2 is 1.88 bits per heavy atom. The van der Waals surface area contributed by atoms with Gasteiger partial charge in [-0.15, -0.1) is 0 Å². The second-order valence-electron chi connectivity index (χ2n) is 5.43. The lowest BCUT2D eigenvalue weighted by molar-refractivity contribution is 0.454. The average Bonchev–Trinajstić information content (AvgIpc) is 2.62. The van der Waals surface area contributed by atoms with Crippen LogP contribution in [-0.4, -0.2) is 9.97 Å². The second-order valence-corrected chi connectivity index (χ2v) is 6.81. The normalized spacial score (nSPS) is 10.8. The highest BCUT2D eigenvalue weighted by Gasteiger charge is 2.09. The first-order valence-corrected chi connectivity index (χ1v) is 9.28. The molecule has 0 atom stereocenters. The third-order valence-electron chi connectivity index (χ3n) is 3.47. The number of ether oxygens (including phenoxy) is 1. The first-order valence-electron chi connectivity index (χ1n) is 7.91. The Morgan fingerprint density at radius 3 is 2.62 bits per heavy atom. The van der Waals surface area contributed by atoms with Gasteiger partial charge < -0.3 is 4.74 Å². The highest BCUT2D eigenvalue weighted by molar-refractivity contribution is 7.98. The molecule has 3 nitrogen and oxygen atoms in total. The lowest BCUT2D eigenvalue weighted by Gasteiger charge is -2.09. The summed E-state index contributed by atoms with van der Waals surface area (Å²) in [4.78, 5) is 8.82. The third kappa shape index (κ3) is 4.93. The first kappa shape index (κ1) is 18.6. The molecule has 1 heterocycles. The van der Waals surface area contributed by atoms with Crippen molar-refractivity contribution in [3.05, 3.63) is 76.4 Å². The monoisotopic (exact) mass is 392 g/mol. The van der Waals surface area contributed by atoms with Crippen molar-refractivity contribution < 1.29 is 13.5 Å². The topological polar surface area (TPSA) is 35.0 Å². The number of rotatable bonds is 6. The Labute approximate surface area is 159 Å². The molecule has 0 N–H and O–H groups in total. The first-order chi connectivity index (χ1) is 12.5. The Hall–Kier alpha value is -2.18. The molecular weight excluding hydrogens is 378 g/mol. The van der Waals surface area contributed by atoms with Gasteiger partial charge in [0, 0.05) is 22.5 Å². The van der Waals surface area contributed by atoms with E-state index in [2.05, 4.69) is 9.97 Å². The third-order valence-corrected chi connectivity index (χ3v) is 4.62. The van der Waals surface area contributed by atoms with Gasteiger partial charge in [0.25, 0.3) is 0 Å². The van der Waals surface area contributed by atoms with E-state index in [1.807, 2.05) is 6.92 Å². The van der Waals surface area contributed by atoms with E-state index in [0.717, 1.165) is 11.8 Å². The van der Waals surface area contributed by atoms with Crippen LogP contribution in [0, 0.1) is 11.6 Å². The molecule has 0 unspecified atom stereocenters. The van der Waals surface area contributed by atoms with Crippen molar-refractivity contribution in [3.63, 3.8) is 0 Å². The molecule has 3 rings (SSSR count). The lowest BCUT2D eigenvalue weighted by atomic mass is 10.2. The number of thioether (sulfide) groups is 1. The molecule has 7 heteroatoms.